The summed E-state index contributed by atoms with van der Waals surface area (Å²) in [6, 6.07) is 11.2. The highest BCUT2D eigenvalue weighted by Crippen LogP contribution is 2.43. The summed E-state index contributed by atoms with van der Waals surface area (Å²) in [7, 11) is 0. The quantitative estimate of drug-likeness (QED) is 0.287. The number of nitrogens with zero attached hydrogens (tertiary/aromatic N) is 1. The Labute approximate surface area is 183 Å². The van der Waals surface area contributed by atoms with Crippen LogP contribution < -0.4 is 0 Å². The van der Waals surface area contributed by atoms with E-state index in [0.29, 0.717) is 5.92 Å². The molecule has 0 spiro atoms. The Morgan fingerprint density at radius 2 is 1.86 bits per heavy atom. The van der Waals surface area contributed by atoms with Gasteiger partial charge in [0.15, 0.2) is 0 Å². The molecule has 0 fully saturated rings. The molecule has 29 heavy (non-hydrogen) atoms. The number of aromatic nitrogens is 1. The van der Waals surface area contributed by atoms with Crippen molar-refractivity contribution in [1.29, 1.82) is 0 Å². The van der Waals surface area contributed by atoms with Gasteiger partial charge < -0.3 is 9.36 Å². The Balaban J connectivity index is 2.29. The smallest absolute Gasteiger partial charge is 0.125 e. The van der Waals surface area contributed by atoms with Gasteiger partial charge in [0, 0.05) is 43.0 Å². The van der Waals surface area contributed by atoms with Crippen molar-refractivity contribution in [1.82, 2.24) is 4.57 Å². The van der Waals surface area contributed by atoms with Gasteiger partial charge in [-0.05, 0) is 35.1 Å². The molecule has 0 aliphatic heterocycles. The summed E-state index contributed by atoms with van der Waals surface area (Å²) >= 11 is 3.72. The minimum Gasteiger partial charge on any atom is -0.338 e. The molecule has 0 aliphatic rings. The van der Waals surface area contributed by atoms with Gasteiger partial charge in [-0.2, -0.15) is 0 Å². The van der Waals surface area contributed by atoms with Gasteiger partial charge in [-0.25, -0.2) is 0 Å². The Hall–Kier alpha value is -1.52. The second kappa shape index (κ2) is 8.31. The van der Waals surface area contributed by atoms with E-state index in [-0.39, 0.29) is 4.75 Å². The molecule has 2 heterocycles. The molecule has 2 nitrogen and oxygen atoms in total. The van der Waals surface area contributed by atoms with Crippen molar-refractivity contribution in [3.05, 3.63) is 51.8 Å². The lowest BCUT2D eigenvalue weighted by Crippen LogP contribution is -2.20. The van der Waals surface area contributed by atoms with E-state index in [4.69, 9.17) is 0 Å². The van der Waals surface area contributed by atoms with Crippen LogP contribution in [0.1, 0.15) is 70.5 Å². The number of fused-ring (bicyclic) bond motifs is 1. The van der Waals surface area contributed by atoms with Crippen LogP contribution in [0.25, 0.3) is 10.9 Å². The van der Waals surface area contributed by atoms with Gasteiger partial charge in [0.1, 0.15) is 6.29 Å². The number of benzene rings is 1. The number of thioether (sulfide) groups is 1. The fourth-order valence-corrected chi connectivity index (χ4v) is 5.44. The Kier molecular flexibility index (Phi) is 6.35. The Morgan fingerprint density at radius 3 is 2.41 bits per heavy atom. The number of hydrogen-bond donors (Lipinski definition) is 0. The van der Waals surface area contributed by atoms with E-state index in [1.807, 2.05) is 25.6 Å². The van der Waals surface area contributed by atoms with Crippen molar-refractivity contribution in [3.63, 3.8) is 0 Å². The van der Waals surface area contributed by atoms with E-state index in [1.54, 1.807) is 11.3 Å². The van der Waals surface area contributed by atoms with Crippen LogP contribution in [0.3, 0.4) is 0 Å². The van der Waals surface area contributed by atoms with E-state index in [1.165, 1.54) is 31.9 Å². The SMILES string of the molecule is CC(C)c1ccc2c(c1)c(SC(C)(C)C)c(CC(C)(C)C=O)n2Cc1cccs1. The zero-order valence-corrected chi connectivity index (χ0v) is 20.3. The maximum atomic E-state index is 11.8. The first-order chi connectivity index (χ1) is 13.5. The molecule has 0 saturated carbocycles. The van der Waals surface area contributed by atoms with Gasteiger partial charge >= 0.3 is 0 Å². The summed E-state index contributed by atoms with van der Waals surface area (Å²) in [5, 5.41) is 3.46. The third-order valence-electron chi connectivity index (χ3n) is 5.06. The minimum atomic E-state index is -0.393. The molecule has 3 aromatic rings. The van der Waals surface area contributed by atoms with Crippen LogP contribution in [-0.4, -0.2) is 15.6 Å². The lowest BCUT2D eigenvalue weighted by molar-refractivity contribution is -0.114. The number of thiophene rings is 1. The number of hydrogen-bond acceptors (Lipinski definition) is 3. The second-order valence-corrected chi connectivity index (χ2v) is 12.7. The topological polar surface area (TPSA) is 22.0 Å². The van der Waals surface area contributed by atoms with Crippen molar-refractivity contribution >= 4 is 40.3 Å². The summed E-state index contributed by atoms with van der Waals surface area (Å²) in [6.45, 7) is 16.2. The molecule has 4 heteroatoms. The van der Waals surface area contributed by atoms with E-state index in [9.17, 15) is 4.79 Å². The molecule has 1 aromatic carbocycles. The molecule has 0 saturated heterocycles. The van der Waals surface area contributed by atoms with Gasteiger partial charge in [-0.3, -0.25) is 0 Å². The van der Waals surface area contributed by atoms with Crippen LogP contribution in [0.2, 0.25) is 0 Å². The van der Waals surface area contributed by atoms with Crippen LogP contribution in [0, 0.1) is 5.41 Å². The standard InChI is InChI=1S/C25H33NOS2/c1-17(2)18-10-11-21-20(13-18)23(29-24(3,4)5)22(14-25(6,7)16-27)26(21)15-19-9-8-12-28-19/h8-13,16-17H,14-15H2,1-7H3. The molecule has 0 atom stereocenters. The highest BCUT2D eigenvalue weighted by Gasteiger charge is 2.28. The first kappa shape index (κ1) is 22.2. The highest BCUT2D eigenvalue weighted by atomic mass is 32.2. The molecular formula is C25H33NOS2. The summed E-state index contributed by atoms with van der Waals surface area (Å²) < 4.78 is 2.54. The molecular weight excluding hydrogens is 394 g/mol. The third-order valence-corrected chi connectivity index (χ3v) is 7.19. The van der Waals surface area contributed by atoms with Crippen LogP contribution in [-0.2, 0) is 17.8 Å². The zero-order chi connectivity index (χ0) is 21.4. The lowest BCUT2D eigenvalue weighted by atomic mass is 9.89. The molecule has 0 unspecified atom stereocenters. The van der Waals surface area contributed by atoms with E-state index in [0.717, 1.165) is 19.3 Å². The monoisotopic (exact) mass is 427 g/mol. The number of carbonyl (C=O) groups excluding carboxylic acids is 1. The van der Waals surface area contributed by atoms with Crippen LogP contribution in [0.15, 0.2) is 40.6 Å². The maximum absolute atomic E-state index is 11.8. The molecule has 2 aromatic heterocycles. The first-order valence-electron chi connectivity index (χ1n) is 10.3. The Bertz CT molecular complexity index is 988. The van der Waals surface area contributed by atoms with E-state index >= 15 is 0 Å². The van der Waals surface area contributed by atoms with Crippen LogP contribution in [0.4, 0.5) is 0 Å². The van der Waals surface area contributed by atoms with Gasteiger partial charge in [0.05, 0.1) is 6.54 Å². The maximum Gasteiger partial charge on any atom is 0.125 e. The summed E-state index contributed by atoms with van der Waals surface area (Å²) in [4.78, 5) is 14.5. The van der Waals surface area contributed by atoms with Crippen molar-refractivity contribution in [2.24, 2.45) is 5.41 Å². The number of carbonyl (C=O) groups is 1. The van der Waals surface area contributed by atoms with Crippen molar-refractivity contribution < 1.29 is 4.79 Å². The van der Waals surface area contributed by atoms with Gasteiger partial charge in [0.25, 0.3) is 0 Å². The average Bonchev–Trinajstić information content (AvgIpc) is 3.23. The predicted octanol–water partition coefficient (Wildman–Crippen LogP) is 7.53. The normalized spacial score (nSPS) is 12.8. The van der Waals surface area contributed by atoms with Gasteiger partial charge in [-0.15, -0.1) is 23.1 Å². The first-order valence-corrected chi connectivity index (χ1v) is 12.0. The van der Waals surface area contributed by atoms with E-state index in [2.05, 4.69) is 74.9 Å². The molecule has 0 amide bonds. The zero-order valence-electron chi connectivity index (χ0n) is 18.7. The molecule has 156 valence electrons. The molecule has 0 N–H and O–H groups in total. The average molecular weight is 428 g/mol. The van der Waals surface area contributed by atoms with Gasteiger partial charge in [0.2, 0.25) is 0 Å². The number of aldehydes is 1. The second-order valence-electron chi connectivity index (χ2n) is 9.87. The predicted molar refractivity (Wildman–Crippen MR) is 129 cm³/mol. The summed E-state index contributed by atoms with van der Waals surface area (Å²) in [5.74, 6) is 0.488. The fraction of sp³-hybridized carbons (Fsp3) is 0.480. The number of rotatable bonds is 7. The van der Waals surface area contributed by atoms with Crippen molar-refractivity contribution in [3.8, 4) is 0 Å². The van der Waals surface area contributed by atoms with E-state index < -0.39 is 5.41 Å². The largest absolute Gasteiger partial charge is 0.338 e. The summed E-state index contributed by atoms with van der Waals surface area (Å²) in [5.41, 5.74) is 3.52. The van der Waals surface area contributed by atoms with Crippen LogP contribution >= 0.6 is 23.1 Å². The highest BCUT2D eigenvalue weighted by molar-refractivity contribution is 8.00. The molecule has 0 bridgehead atoms. The van der Waals surface area contributed by atoms with Crippen LogP contribution in [0.5, 0.6) is 0 Å². The molecule has 0 aliphatic carbocycles. The molecule has 3 rings (SSSR count). The lowest BCUT2D eigenvalue weighted by Gasteiger charge is -2.23. The Morgan fingerprint density at radius 1 is 1.14 bits per heavy atom. The van der Waals surface area contributed by atoms with Crippen molar-refractivity contribution in [2.75, 3.05) is 0 Å². The molecule has 0 radical (unpaired) electrons. The fourth-order valence-electron chi connectivity index (χ4n) is 3.56. The minimum absolute atomic E-state index is 0.0932. The van der Waals surface area contributed by atoms with Gasteiger partial charge in [-0.1, -0.05) is 60.6 Å². The third kappa shape index (κ3) is 5.16. The van der Waals surface area contributed by atoms with Crippen molar-refractivity contribution in [2.45, 2.75) is 77.0 Å². The summed E-state index contributed by atoms with van der Waals surface area (Å²) in [6.07, 6.45) is 1.84.